The number of aromatic nitrogens is 1. The van der Waals surface area contributed by atoms with Gasteiger partial charge in [0.2, 0.25) is 0 Å². The van der Waals surface area contributed by atoms with E-state index in [1.54, 1.807) is 12.1 Å². The lowest BCUT2D eigenvalue weighted by atomic mass is 9.90. The van der Waals surface area contributed by atoms with Gasteiger partial charge in [-0.3, -0.25) is 4.79 Å². The van der Waals surface area contributed by atoms with Crippen LogP contribution < -0.4 is 21.3 Å². The van der Waals surface area contributed by atoms with Gasteiger partial charge < -0.3 is 26.4 Å². The maximum Gasteiger partial charge on any atom is 0.404 e. The van der Waals surface area contributed by atoms with Crippen molar-refractivity contribution in [2.24, 2.45) is 0 Å². The average Bonchev–Trinajstić information content (AvgIpc) is 2.89. The van der Waals surface area contributed by atoms with Gasteiger partial charge in [-0.05, 0) is 49.9 Å². The van der Waals surface area contributed by atoms with E-state index in [1.807, 2.05) is 74.5 Å². The summed E-state index contributed by atoms with van der Waals surface area (Å²) >= 11 is 0. The van der Waals surface area contributed by atoms with Crippen LogP contribution in [0.2, 0.25) is 0 Å². The quantitative estimate of drug-likeness (QED) is 0.270. The van der Waals surface area contributed by atoms with Crippen molar-refractivity contribution >= 4 is 23.6 Å². The van der Waals surface area contributed by atoms with Gasteiger partial charge in [-0.1, -0.05) is 73.5 Å². The van der Waals surface area contributed by atoms with Gasteiger partial charge >= 0.3 is 6.09 Å². The Morgan fingerprint density at radius 2 is 1.57 bits per heavy atom. The number of amides is 2. The van der Waals surface area contributed by atoms with E-state index in [0.717, 1.165) is 36.8 Å². The van der Waals surface area contributed by atoms with Crippen molar-refractivity contribution in [2.45, 2.75) is 63.7 Å². The summed E-state index contributed by atoms with van der Waals surface area (Å²) in [7, 11) is 0. The van der Waals surface area contributed by atoms with Gasteiger partial charge in [0.05, 0.1) is 17.1 Å². The highest BCUT2D eigenvalue weighted by Gasteiger charge is 2.28. The molecule has 3 aromatic rings. The summed E-state index contributed by atoms with van der Waals surface area (Å²) in [5.41, 5.74) is 1.93. The molecule has 1 saturated carbocycles. The van der Waals surface area contributed by atoms with Crippen LogP contribution in [0.5, 0.6) is 0 Å². The van der Waals surface area contributed by atoms with Crippen molar-refractivity contribution in [2.75, 3.05) is 10.6 Å². The van der Waals surface area contributed by atoms with Crippen LogP contribution in [0.15, 0.2) is 72.8 Å². The largest absolute Gasteiger partial charge is 0.465 e. The molecule has 5 N–H and O–H groups in total. The summed E-state index contributed by atoms with van der Waals surface area (Å²) in [5.74, 6) is 0.832. The summed E-state index contributed by atoms with van der Waals surface area (Å²) in [4.78, 5) is 29.5. The molecule has 8 heteroatoms. The fourth-order valence-electron chi connectivity index (χ4n) is 4.74. The first-order chi connectivity index (χ1) is 17.8. The van der Waals surface area contributed by atoms with E-state index in [0.29, 0.717) is 23.7 Å². The van der Waals surface area contributed by atoms with Gasteiger partial charge in [0.15, 0.2) is 0 Å². The number of pyridine rings is 1. The average molecular weight is 502 g/mol. The second-order valence-electron chi connectivity index (χ2n) is 9.97. The highest BCUT2D eigenvalue weighted by molar-refractivity contribution is 5.99. The Morgan fingerprint density at radius 1 is 0.919 bits per heavy atom. The van der Waals surface area contributed by atoms with Crippen LogP contribution in [-0.4, -0.2) is 34.2 Å². The molecule has 2 atom stereocenters. The lowest BCUT2D eigenvalue weighted by molar-refractivity contribution is 0.0912. The number of nitrogens with one attached hydrogen (secondary N) is 4. The van der Waals surface area contributed by atoms with Gasteiger partial charge in [-0.15, -0.1) is 0 Å². The first kappa shape index (κ1) is 26.0. The van der Waals surface area contributed by atoms with E-state index in [-0.39, 0.29) is 18.0 Å². The Labute approximate surface area is 217 Å². The van der Waals surface area contributed by atoms with Crippen LogP contribution >= 0.6 is 0 Å². The number of carbonyl (C=O) groups excluding carboxylic acids is 1. The molecule has 4 rings (SSSR count). The maximum absolute atomic E-state index is 13.5. The smallest absolute Gasteiger partial charge is 0.404 e. The monoisotopic (exact) mass is 501 g/mol. The molecule has 194 valence electrons. The highest BCUT2D eigenvalue weighted by atomic mass is 16.4. The third-order valence-electron chi connectivity index (χ3n) is 6.77. The predicted octanol–water partition coefficient (Wildman–Crippen LogP) is 5.35. The zero-order valence-electron chi connectivity index (χ0n) is 21.3. The minimum Gasteiger partial charge on any atom is -0.465 e. The van der Waals surface area contributed by atoms with E-state index >= 15 is 0 Å². The first-order valence-corrected chi connectivity index (χ1v) is 12.7. The van der Waals surface area contributed by atoms with Crippen molar-refractivity contribution < 1.29 is 14.7 Å². The number of rotatable bonds is 9. The molecule has 1 aliphatic carbocycles. The molecule has 2 aromatic carbocycles. The number of hydrogen-bond acceptors (Lipinski definition) is 5. The first-order valence-electron chi connectivity index (χ1n) is 12.7. The van der Waals surface area contributed by atoms with Gasteiger partial charge in [-0.25, -0.2) is 9.78 Å². The van der Waals surface area contributed by atoms with Crippen molar-refractivity contribution in [1.82, 2.24) is 15.6 Å². The SMILES string of the molecule is CC(C)(NC(=O)c1ccc(NC2CCCCC2NC(=O)O)nc1NCc1ccccc1)c1ccccc1. The predicted molar refractivity (Wildman–Crippen MR) is 146 cm³/mol. The van der Waals surface area contributed by atoms with Crippen LogP contribution in [-0.2, 0) is 12.1 Å². The third-order valence-corrected chi connectivity index (χ3v) is 6.77. The molecule has 0 saturated heterocycles. The van der Waals surface area contributed by atoms with E-state index in [1.165, 1.54) is 0 Å². The van der Waals surface area contributed by atoms with Crippen molar-refractivity contribution in [1.29, 1.82) is 0 Å². The van der Waals surface area contributed by atoms with E-state index in [4.69, 9.17) is 4.98 Å². The van der Waals surface area contributed by atoms with Gasteiger partial charge in [0.25, 0.3) is 5.91 Å². The Morgan fingerprint density at radius 3 is 2.24 bits per heavy atom. The van der Waals surface area contributed by atoms with E-state index in [2.05, 4.69) is 21.3 Å². The van der Waals surface area contributed by atoms with Gasteiger partial charge in [0.1, 0.15) is 11.6 Å². The fourth-order valence-corrected chi connectivity index (χ4v) is 4.74. The maximum atomic E-state index is 13.5. The van der Waals surface area contributed by atoms with Crippen LogP contribution in [0.1, 0.15) is 61.0 Å². The van der Waals surface area contributed by atoms with E-state index in [9.17, 15) is 14.7 Å². The number of anilines is 2. The molecule has 1 fully saturated rings. The molecule has 1 aromatic heterocycles. The number of hydrogen-bond donors (Lipinski definition) is 5. The molecule has 0 aliphatic heterocycles. The Balaban J connectivity index is 1.57. The van der Waals surface area contributed by atoms with E-state index < -0.39 is 11.6 Å². The zero-order chi connectivity index (χ0) is 26.3. The van der Waals surface area contributed by atoms with Crippen molar-refractivity contribution in [3.05, 3.63) is 89.5 Å². The normalized spacial score (nSPS) is 17.5. The second-order valence-corrected chi connectivity index (χ2v) is 9.97. The molecule has 0 radical (unpaired) electrons. The molecular formula is C29H35N5O3. The number of carboxylic acid groups (broad SMARTS) is 1. The summed E-state index contributed by atoms with van der Waals surface area (Å²) in [6.07, 6.45) is 2.59. The molecule has 2 unspecified atom stereocenters. The van der Waals surface area contributed by atoms with Crippen LogP contribution in [0, 0.1) is 0 Å². The minimum absolute atomic E-state index is 0.0731. The van der Waals surface area contributed by atoms with Gasteiger partial charge in [-0.2, -0.15) is 0 Å². The van der Waals surface area contributed by atoms with Crippen molar-refractivity contribution in [3.63, 3.8) is 0 Å². The summed E-state index contributed by atoms with van der Waals surface area (Å²) in [6.45, 7) is 4.45. The lowest BCUT2D eigenvalue weighted by Gasteiger charge is -2.32. The highest BCUT2D eigenvalue weighted by Crippen LogP contribution is 2.26. The number of carbonyl (C=O) groups is 2. The molecule has 0 bridgehead atoms. The second kappa shape index (κ2) is 11.8. The molecule has 1 heterocycles. The van der Waals surface area contributed by atoms with Gasteiger partial charge in [0, 0.05) is 12.6 Å². The van der Waals surface area contributed by atoms with Crippen LogP contribution in [0.3, 0.4) is 0 Å². The molecule has 0 spiro atoms. The molecule has 1 aliphatic rings. The Hall–Kier alpha value is -4.07. The molecule has 8 nitrogen and oxygen atoms in total. The topological polar surface area (TPSA) is 115 Å². The number of nitrogens with zero attached hydrogens (tertiary/aromatic N) is 1. The van der Waals surface area contributed by atoms with Crippen LogP contribution in [0.25, 0.3) is 0 Å². The molecular weight excluding hydrogens is 466 g/mol. The Bertz CT molecular complexity index is 1200. The minimum atomic E-state index is -1.02. The molecule has 37 heavy (non-hydrogen) atoms. The third kappa shape index (κ3) is 7.00. The lowest BCUT2D eigenvalue weighted by Crippen LogP contribution is -2.48. The number of benzene rings is 2. The summed E-state index contributed by atoms with van der Waals surface area (Å²) in [5, 5.41) is 21.8. The summed E-state index contributed by atoms with van der Waals surface area (Å²) < 4.78 is 0. The van der Waals surface area contributed by atoms with Crippen LogP contribution in [0.4, 0.5) is 16.4 Å². The Kier molecular flexibility index (Phi) is 8.28. The zero-order valence-corrected chi connectivity index (χ0v) is 21.3. The van der Waals surface area contributed by atoms with Crippen molar-refractivity contribution in [3.8, 4) is 0 Å². The standard InChI is InChI=1S/C29H35N5O3/c1-29(2,21-13-7-4-8-14-21)34-27(35)22-17-18-25(31-23-15-9-10-16-24(23)32-28(36)37)33-26(22)30-19-20-11-5-3-6-12-20/h3-8,11-14,17-18,23-24,32H,9-10,15-16,19H2,1-2H3,(H,34,35)(H,36,37)(H2,30,31,33). The molecule has 2 amide bonds. The summed E-state index contributed by atoms with van der Waals surface area (Å²) in [6, 6.07) is 23.0. The fraction of sp³-hybridized carbons (Fsp3) is 0.345.